The molecule has 0 aliphatic heterocycles. The Morgan fingerprint density at radius 2 is 2.13 bits per heavy atom. The number of benzene rings is 1. The molecule has 3 nitrogen and oxygen atoms in total. The predicted molar refractivity (Wildman–Crippen MR) is 62.6 cm³/mol. The summed E-state index contributed by atoms with van der Waals surface area (Å²) in [6.45, 7) is 2.00. The van der Waals surface area contributed by atoms with Gasteiger partial charge in [-0.2, -0.15) is 0 Å². The molecular weight excluding hydrogens is 208 g/mol. The molecular formula is C11H10N2OS. The van der Waals surface area contributed by atoms with E-state index in [1.165, 1.54) is 6.26 Å². The SMILES string of the molecule is Cc1ccccc1-c1nc(C(N)=S)co1. The molecule has 76 valence electrons. The zero-order chi connectivity index (χ0) is 10.8. The summed E-state index contributed by atoms with van der Waals surface area (Å²) in [7, 11) is 0. The van der Waals surface area contributed by atoms with Crippen LogP contribution < -0.4 is 5.73 Å². The van der Waals surface area contributed by atoms with Crippen molar-refractivity contribution in [2.75, 3.05) is 0 Å². The summed E-state index contributed by atoms with van der Waals surface area (Å²) < 4.78 is 5.31. The molecule has 0 spiro atoms. The molecule has 0 bridgehead atoms. The zero-order valence-electron chi connectivity index (χ0n) is 8.23. The number of hydrogen-bond acceptors (Lipinski definition) is 3. The Bertz CT molecular complexity index is 505. The van der Waals surface area contributed by atoms with Crippen LogP contribution in [0.15, 0.2) is 34.9 Å². The van der Waals surface area contributed by atoms with E-state index in [4.69, 9.17) is 22.4 Å². The van der Waals surface area contributed by atoms with E-state index in [0.29, 0.717) is 11.6 Å². The monoisotopic (exact) mass is 218 g/mol. The van der Waals surface area contributed by atoms with Gasteiger partial charge in [-0.1, -0.05) is 30.4 Å². The van der Waals surface area contributed by atoms with E-state index < -0.39 is 0 Å². The van der Waals surface area contributed by atoms with Gasteiger partial charge >= 0.3 is 0 Å². The van der Waals surface area contributed by atoms with Crippen LogP contribution in [0.5, 0.6) is 0 Å². The lowest BCUT2D eigenvalue weighted by Gasteiger charge is -1.98. The molecule has 0 saturated carbocycles. The second-order valence-electron chi connectivity index (χ2n) is 3.22. The van der Waals surface area contributed by atoms with Crippen LogP contribution in [0.4, 0.5) is 0 Å². The van der Waals surface area contributed by atoms with E-state index in [1.807, 2.05) is 31.2 Å². The highest BCUT2D eigenvalue weighted by molar-refractivity contribution is 7.80. The molecule has 1 aromatic carbocycles. The van der Waals surface area contributed by atoms with Crippen LogP contribution in [0.2, 0.25) is 0 Å². The topological polar surface area (TPSA) is 52.0 Å². The highest BCUT2D eigenvalue weighted by atomic mass is 32.1. The van der Waals surface area contributed by atoms with Gasteiger partial charge in [0.1, 0.15) is 16.9 Å². The van der Waals surface area contributed by atoms with E-state index in [-0.39, 0.29) is 4.99 Å². The van der Waals surface area contributed by atoms with Crippen molar-refractivity contribution in [2.24, 2.45) is 5.73 Å². The average Bonchev–Trinajstić information content (AvgIpc) is 2.67. The third kappa shape index (κ3) is 1.89. The quantitative estimate of drug-likeness (QED) is 0.786. The molecule has 1 aromatic heterocycles. The van der Waals surface area contributed by atoms with Crippen LogP contribution in [0.1, 0.15) is 11.3 Å². The second-order valence-corrected chi connectivity index (χ2v) is 3.66. The van der Waals surface area contributed by atoms with E-state index >= 15 is 0 Å². The van der Waals surface area contributed by atoms with Gasteiger partial charge in [0.15, 0.2) is 0 Å². The molecule has 0 aliphatic rings. The fourth-order valence-corrected chi connectivity index (χ4v) is 1.42. The van der Waals surface area contributed by atoms with Crippen LogP contribution in [0.3, 0.4) is 0 Å². The van der Waals surface area contributed by atoms with Gasteiger partial charge in [-0.05, 0) is 18.6 Å². The Kier molecular flexibility index (Phi) is 2.51. The molecule has 0 amide bonds. The Labute approximate surface area is 92.9 Å². The van der Waals surface area contributed by atoms with Crippen LogP contribution in [0, 0.1) is 6.92 Å². The first kappa shape index (κ1) is 9.86. The van der Waals surface area contributed by atoms with Gasteiger partial charge in [0.05, 0.1) is 0 Å². The Morgan fingerprint density at radius 3 is 2.73 bits per heavy atom. The minimum atomic E-state index is 0.249. The number of aryl methyl sites for hydroxylation is 1. The molecule has 4 heteroatoms. The number of oxazole rings is 1. The third-order valence-corrected chi connectivity index (χ3v) is 2.34. The van der Waals surface area contributed by atoms with Crippen LogP contribution in [-0.4, -0.2) is 9.97 Å². The van der Waals surface area contributed by atoms with Crippen LogP contribution in [-0.2, 0) is 0 Å². The maximum Gasteiger partial charge on any atom is 0.226 e. The van der Waals surface area contributed by atoms with Crippen molar-refractivity contribution in [3.05, 3.63) is 41.8 Å². The minimum absolute atomic E-state index is 0.249. The smallest absolute Gasteiger partial charge is 0.226 e. The summed E-state index contributed by atoms with van der Waals surface area (Å²) in [5.41, 5.74) is 8.03. The highest BCUT2D eigenvalue weighted by Crippen LogP contribution is 2.21. The summed E-state index contributed by atoms with van der Waals surface area (Å²) in [6.07, 6.45) is 1.48. The first-order valence-corrected chi connectivity index (χ1v) is 4.90. The third-order valence-electron chi connectivity index (χ3n) is 2.13. The van der Waals surface area contributed by atoms with E-state index in [9.17, 15) is 0 Å². The normalized spacial score (nSPS) is 10.2. The zero-order valence-corrected chi connectivity index (χ0v) is 9.04. The molecule has 0 unspecified atom stereocenters. The molecule has 2 N–H and O–H groups in total. The molecule has 0 saturated heterocycles. The summed E-state index contributed by atoms with van der Waals surface area (Å²) in [6, 6.07) is 7.85. The van der Waals surface area contributed by atoms with Crippen molar-refractivity contribution in [3.63, 3.8) is 0 Å². The summed E-state index contributed by atoms with van der Waals surface area (Å²) in [5, 5.41) is 0. The minimum Gasteiger partial charge on any atom is -0.444 e. The van der Waals surface area contributed by atoms with Gasteiger partial charge < -0.3 is 10.2 Å². The van der Waals surface area contributed by atoms with Crippen molar-refractivity contribution in [1.29, 1.82) is 0 Å². The number of nitrogens with two attached hydrogens (primary N) is 1. The Morgan fingerprint density at radius 1 is 1.40 bits per heavy atom. The van der Waals surface area contributed by atoms with Crippen molar-refractivity contribution < 1.29 is 4.42 Å². The maximum absolute atomic E-state index is 5.45. The van der Waals surface area contributed by atoms with Gasteiger partial charge in [0.25, 0.3) is 0 Å². The summed E-state index contributed by atoms with van der Waals surface area (Å²) >= 11 is 4.81. The molecule has 15 heavy (non-hydrogen) atoms. The molecule has 0 aliphatic carbocycles. The molecule has 1 heterocycles. The Hall–Kier alpha value is -1.68. The van der Waals surface area contributed by atoms with Crippen molar-refractivity contribution in [3.8, 4) is 11.5 Å². The molecule has 0 radical (unpaired) electrons. The maximum atomic E-state index is 5.45. The van der Waals surface area contributed by atoms with Crippen molar-refractivity contribution >= 4 is 17.2 Å². The second kappa shape index (κ2) is 3.82. The first-order chi connectivity index (χ1) is 7.18. The lowest BCUT2D eigenvalue weighted by atomic mass is 10.1. The highest BCUT2D eigenvalue weighted by Gasteiger charge is 2.09. The molecule has 0 atom stereocenters. The first-order valence-electron chi connectivity index (χ1n) is 4.50. The number of thiocarbonyl (C=S) groups is 1. The fourth-order valence-electron chi connectivity index (χ4n) is 1.32. The number of hydrogen-bond donors (Lipinski definition) is 1. The molecule has 2 aromatic rings. The fraction of sp³-hybridized carbons (Fsp3) is 0.0909. The van der Waals surface area contributed by atoms with E-state index in [2.05, 4.69) is 4.98 Å². The average molecular weight is 218 g/mol. The molecule has 2 rings (SSSR count). The van der Waals surface area contributed by atoms with Gasteiger partial charge in [-0.25, -0.2) is 4.98 Å². The van der Waals surface area contributed by atoms with Gasteiger partial charge in [0.2, 0.25) is 5.89 Å². The summed E-state index contributed by atoms with van der Waals surface area (Å²) in [5.74, 6) is 0.552. The number of rotatable bonds is 2. The lowest BCUT2D eigenvalue weighted by Crippen LogP contribution is -2.09. The van der Waals surface area contributed by atoms with Crippen LogP contribution >= 0.6 is 12.2 Å². The van der Waals surface area contributed by atoms with Crippen molar-refractivity contribution in [2.45, 2.75) is 6.92 Å². The number of nitrogens with zero attached hydrogens (tertiary/aromatic N) is 1. The van der Waals surface area contributed by atoms with E-state index in [1.54, 1.807) is 0 Å². The largest absolute Gasteiger partial charge is 0.444 e. The summed E-state index contributed by atoms with van der Waals surface area (Å²) in [4.78, 5) is 4.46. The number of aromatic nitrogens is 1. The van der Waals surface area contributed by atoms with Crippen molar-refractivity contribution in [1.82, 2.24) is 4.98 Å². The van der Waals surface area contributed by atoms with Gasteiger partial charge in [0, 0.05) is 5.56 Å². The predicted octanol–water partition coefficient (Wildman–Crippen LogP) is 2.28. The van der Waals surface area contributed by atoms with Gasteiger partial charge in [-0.3, -0.25) is 0 Å². The van der Waals surface area contributed by atoms with Crippen LogP contribution in [0.25, 0.3) is 11.5 Å². The Balaban J connectivity index is 2.46. The lowest BCUT2D eigenvalue weighted by molar-refractivity contribution is 0.574. The van der Waals surface area contributed by atoms with Gasteiger partial charge in [-0.15, -0.1) is 0 Å². The molecule has 0 fully saturated rings. The van der Waals surface area contributed by atoms with E-state index in [0.717, 1.165) is 11.1 Å². The standard InChI is InChI=1S/C11H10N2OS/c1-7-4-2-3-5-8(7)11-13-9(6-14-11)10(12)15/h2-6H,1H3,(H2,12,15).